The molecule has 0 N–H and O–H groups in total. The molecule has 0 saturated heterocycles. The largest absolute Gasteiger partial charge is 0.544 e. The van der Waals surface area contributed by atoms with Crippen molar-refractivity contribution in [2.75, 3.05) is 0 Å². The summed E-state index contributed by atoms with van der Waals surface area (Å²) in [6.07, 6.45) is 1.58. The summed E-state index contributed by atoms with van der Waals surface area (Å²) in [7, 11) is 0. The van der Waals surface area contributed by atoms with Gasteiger partial charge < -0.3 is 14.5 Å². The van der Waals surface area contributed by atoms with Gasteiger partial charge >= 0.3 is 0 Å². The van der Waals surface area contributed by atoms with Crippen molar-refractivity contribution in [3.63, 3.8) is 0 Å². The molecule has 27 heavy (non-hydrogen) atoms. The molecule has 0 aliphatic heterocycles. The lowest BCUT2D eigenvalue weighted by molar-refractivity contribution is -0.297. The first-order valence-electron chi connectivity index (χ1n) is 8.34. The second kappa shape index (κ2) is 8.41. The van der Waals surface area contributed by atoms with E-state index in [4.69, 9.17) is 11.6 Å². The number of rotatable bonds is 6. The van der Waals surface area contributed by atoms with Crippen LogP contribution in [0.4, 0.5) is 0 Å². The van der Waals surface area contributed by atoms with E-state index < -0.39 is 5.97 Å². The minimum Gasteiger partial charge on any atom is -0.544 e. The van der Waals surface area contributed by atoms with Crippen LogP contribution in [-0.4, -0.2) is 20.7 Å². The number of hydrogen-bond donors (Lipinski definition) is 0. The topological polar surface area (TPSA) is 70.8 Å². The van der Waals surface area contributed by atoms with Crippen molar-refractivity contribution in [1.29, 1.82) is 0 Å². The number of carboxylic acid groups (broad SMARTS) is 1. The van der Waals surface area contributed by atoms with E-state index >= 15 is 0 Å². The zero-order valence-corrected chi connectivity index (χ0v) is 16.4. The molecule has 3 aromatic rings. The molecule has 0 bridgehead atoms. The Hall–Kier alpha value is -2.57. The molecule has 5 nitrogen and oxygen atoms in total. The van der Waals surface area contributed by atoms with Crippen LogP contribution in [0.15, 0.2) is 58.6 Å². The van der Waals surface area contributed by atoms with Gasteiger partial charge in [-0.25, -0.2) is 0 Å². The number of aromatic nitrogens is 3. The highest BCUT2D eigenvalue weighted by Crippen LogP contribution is 2.30. The van der Waals surface area contributed by atoms with E-state index in [-0.39, 0.29) is 4.91 Å². The average molecular weight is 399 g/mol. The average Bonchev–Trinajstić information content (AvgIpc) is 3.06. The van der Waals surface area contributed by atoms with Crippen LogP contribution in [0.5, 0.6) is 0 Å². The molecule has 0 spiro atoms. The van der Waals surface area contributed by atoms with Gasteiger partial charge in [0.2, 0.25) is 0 Å². The van der Waals surface area contributed by atoms with Crippen molar-refractivity contribution in [2.24, 2.45) is 0 Å². The third-order valence-electron chi connectivity index (χ3n) is 3.91. The van der Waals surface area contributed by atoms with Gasteiger partial charge in [-0.3, -0.25) is 0 Å². The fraction of sp³-hybridized carbons (Fsp3) is 0.150. The maximum absolute atomic E-state index is 11.6. The first-order valence-corrected chi connectivity index (χ1v) is 9.54. The molecule has 0 atom stereocenters. The van der Waals surface area contributed by atoms with Gasteiger partial charge in [-0.2, -0.15) is 0 Å². The number of carbonyl (C=O) groups is 1. The normalized spacial score (nSPS) is 11.6. The number of aliphatic carboxylic acids is 1. The summed E-state index contributed by atoms with van der Waals surface area (Å²) >= 11 is 6.97. The SMILES string of the molecule is CCn1c(S/C(=C/c2ccc(C)cc2)C(=O)[O-])nnc1-c1ccc(Cl)cc1. The predicted molar refractivity (Wildman–Crippen MR) is 106 cm³/mol. The predicted octanol–water partition coefficient (Wildman–Crippen LogP) is 3.81. The Morgan fingerprint density at radius 1 is 1.15 bits per heavy atom. The molecule has 1 aromatic heterocycles. The summed E-state index contributed by atoms with van der Waals surface area (Å²) in [4.78, 5) is 11.7. The van der Waals surface area contributed by atoms with Gasteiger partial charge in [0.1, 0.15) is 0 Å². The molecule has 2 aromatic carbocycles. The van der Waals surface area contributed by atoms with Crippen LogP contribution in [0.1, 0.15) is 18.1 Å². The molecule has 1 heterocycles. The first kappa shape index (κ1) is 19.2. The van der Waals surface area contributed by atoms with E-state index in [1.165, 1.54) is 0 Å². The van der Waals surface area contributed by atoms with E-state index in [9.17, 15) is 9.90 Å². The summed E-state index contributed by atoms with van der Waals surface area (Å²) in [5.41, 5.74) is 2.75. The molecule has 7 heteroatoms. The quantitative estimate of drug-likeness (QED) is 0.466. The van der Waals surface area contributed by atoms with Gasteiger partial charge in [0.15, 0.2) is 11.0 Å². The lowest BCUT2D eigenvalue weighted by Gasteiger charge is -2.10. The lowest BCUT2D eigenvalue weighted by atomic mass is 10.1. The third-order valence-corrected chi connectivity index (χ3v) is 5.15. The zero-order chi connectivity index (χ0) is 19.4. The minimum absolute atomic E-state index is 0.0728. The molecule has 3 rings (SSSR count). The van der Waals surface area contributed by atoms with Crippen LogP contribution in [0.2, 0.25) is 5.02 Å². The van der Waals surface area contributed by atoms with E-state index in [0.717, 1.165) is 28.5 Å². The molecule has 0 unspecified atom stereocenters. The zero-order valence-electron chi connectivity index (χ0n) is 14.8. The van der Waals surface area contributed by atoms with Gasteiger partial charge in [-0.05, 0) is 61.5 Å². The van der Waals surface area contributed by atoms with Crippen molar-refractivity contribution in [3.8, 4) is 11.4 Å². The van der Waals surface area contributed by atoms with Crippen LogP contribution in [0, 0.1) is 6.92 Å². The number of carbonyl (C=O) groups excluding carboxylic acids is 1. The number of halogens is 1. The molecule has 0 aliphatic rings. The van der Waals surface area contributed by atoms with Crippen LogP contribution in [0.3, 0.4) is 0 Å². The van der Waals surface area contributed by atoms with E-state index in [0.29, 0.717) is 22.5 Å². The molecule has 0 amide bonds. The van der Waals surface area contributed by atoms with Gasteiger partial charge in [-0.1, -0.05) is 41.4 Å². The molecule has 0 aliphatic carbocycles. The maximum atomic E-state index is 11.6. The summed E-state index contributed by atoms with van der Waals surface area (Å²) in [6.45, 7) is 4.53. The van der Waals surface area contributed by atoms with Crippen molar-refractivity contribution in [2.45, 2.75) is 25.5 Å². The van der Waals surface area contributed by atoms with Crippen molar-refractivity contribution in [1.82, 2.24) is 14.8 Å². The third kappa shape index (κ3) is 4.59. The molecular formula is C20H17ClN3O2S-. The number of aryl methyl sites for hydroxylation is 1. The number of benzene rings is 2. The standard InChI is InChI=1S/C20H18ClN3O2S/c1-3-24-18(15-8-10-16(21)11-9-15)22-23-20(24)27-17(19(25)26)12-14-6-4-13(2)5-7-14/h4-12H,3H2,1-2H3,(H,25,26)/p-1/b17-12+. The van der Waals surface area contributed by atoms with E-state index in [2.05, 4.69) is 10.2 Å². The Kier molecular flexibility index (Phi) is 5.98. The van der Waals surface area contributed by atoms with E-state index in [1.807, 2.05) is 54.8 Å². The highest BCUT2D eigenvalue weighted by molar-refractivity contribution is 8.04. The monoisotopic (exact) mass is 398 g/mol. The highest BCUT2D eigenvalue weighted by atomic mass is 35.5. The van der Waals surface area contributed by atoms with Crippen molar-refractivity contribution < 1.29 is 9.90 Å². The minimum atomic E-state index is -1.25. The maximum Gasteiger partial charge on any atom is 0.196 e. The molecule has 0 radical (unpaired) electrons. The number of carboxylic acids is 1. The van der Waals surface area contributed by atoms with Crippen LogP contribution in [-0.2, 0) is 11.3 Å². The number of thioether (sulfide) groups is 1. The van der Waals surface area contributed by atoms with Crippen molar-refractivity contribution >= 4 is 35.4 Å². The summed E-state index contributed by atoms with van der Waals surface area (Å²) in [5, 5.41) is 21.1. The molecule has 0 fully saturated rings. The summed E-state index contributed by atoms with van der Waals surface area (Å²) in [5.74, 6) is -0.594. The molecular weight excluding hydrogens is 382 g/mol. The van der Waals surface area contributed by atoms with Crippen molar-refractivity contribution in [3.05, 3.63) is 69.6 Å². The highest BCUT2D eigenvalue weighted by Gasteiger charge is 2.15. The fourth-order valence-corrected chi connectivity index (χ4v) is 3.51. The van der Waals surface area contributed by atoms with Crippen LogP contribution < -0.4 is 5.11 Å². The van der Waals surface area contributed by atoms with Crippen LogP contribution in [0.25, 0.3) is 17.5 Å². The Balaban J connectivity index is 1.94. The Bertz CT molecular complexity index is 979. The first-order chi connectivity index (χ1) is 13.0. The number of hydrogen-bond acceptors (Lipinski definition) is 5. The fourth-order valence-electron chi connectivity index (χ4n) is 2.50. The van der Waals surface area contributed by atoms with Gasteiger partial charge in [0, 0.05) is 22.0 Å². The molecule has 138 valence electrons. The lowest BCUT2D eigenvalue weighted by Crippen LogP contribution is -2.23. The Morgan fingerprint density at radius 2 is 1.81 bits per heavy atom. The molecule has 0 saturated carbocycles. The van der Waals surface area contributed by atoms with Gasteiger partial charge in [0.05, 0.1) is 5.97 Å². The van der Waals surface area contributed by atoms with Gasteiger partial charge in [-0.15, -0.1) is 10.2 Å². The Labute approximate surface area is 166 Å². The number of nitrogens with zero attached hydrogens (tertiary/aromatic N) is 3. The summed E-state index contributed by atoms with van der Waals surface area (Å²) in [6, 6.07) is 14.9. The second-order valence-corrected chi connectivity index (χ2v) is 7.31. The second-order valence-electron chi connectivity index (χ2n) is 5.87. The van der Waals surface area contributed by atoms with E-state index in [1.54, 1.807) is 18.2 Å². The van der Waals surface area contributed by atoms with Crippen LogP contribution >= 0.6 is 23.4 Å². The smallest absolute Gasteiger partial charge is 0.196 e. The van der Waals surface area contributed by atoms with Gasteiger partial charge in [0.25, 0.3) is 0 Å². The Morgan fingerprint density at radius 3 is 2.41 bits per heavy atom. The summed E-state index contributed by atoms with van der Waals surface area (Å²) < 4.78 is 1.86.